The molecule has 0 heterocycles. The van der Waals surface area contributed by atoms with E-state index in [-0.39, 0.29) is 19.4 Å². The summed E-state index contributed by atoms with van der Waals surface area (Å²) in [6.07, 6.45) is 13.9. The van der Waals surface area contributed by atoms with Gasteiger partial charge in [-0.1, -0.05) is 84.0 Å². The molecular formula is C23H48N2O7. The van der Waals surface area contributed by atoms with E-state index in [0.717, 1.165) is 12.8 Å². The zero-order valence-corrected chi connectivity index (χ0v) is 19.8. The Morgan fingerprint density at radius 1 is 0.750 bits per heavy atom. The molecule has 0 aromatic heterocycles. The van der Waals surface area contributed by atoms with E-state index in [0.29, 0.717) is 6.42 Å². The molecule has 0 saturated heterocycles. The number of hydrogen-bond donors (Lipinski definition) is 7. The van der Waals surface area contributed by atoms with Crippen molar-refractivity contribution >= 4 is 11.9 Å². The van der Waals surface area contributed by atoms with Crippen molar-refractivity contribution in [2.24, 2.45) is 11.5 Å². The second kappa shape index (κ2) is 22.9. The molecule has 9 heteroatoms. The SMILES string of the molecule is CCCCCCCCCCCCCCC(O)C(O)C(N)CO.NC(CCC(=O)O)C(=O)O. The van der Waals surface area contributed by atoms with E-state index in [9.17, 15) is 19.8 Å². The zero-order valence-electron chi connectivity index (χ0n) is 19.8. The Hall–Kier alpha value is -1.26. The number of aliphatic carboxylic acids is 2. The van der Waals surface area contributed by atoms with Gasteiger partial charge in [-0.3, -0.25) is 9.59 Å². The fraction of sp³-hybridized carbons (Fsp3) is 0.913. The van der Waals surface area contributed by atoms with Gasteiger partial charge >= 0.3 is 11.9 Å². The van der Waals surface area contributed by atoms with Crippen LogP contribution in [0.5, 0.6) is 0 Å². The Labute approximate surface area is 193 Å². The number of unbranched alkanes of at least 4 members (excludes halogenated alkanes) is 11. The van der Waals surface area contributed by atoms with E-state index in [1.54, 1.807) is 0 Å². The number of hydrogen-bond acceptors (Lipinski definition) is 7. The third-order valence-corrected chi connectivity index (χ3v) is 5.38. The molecule has 0 fully saturated rings. The Morgan fingerprint density at radius 2 is 1.19 bits per heavy atom. The zero-order chi connectivity index (χ0) is 24.8. The summed E-state index contributed by atoms with van der Waals surface area (Å²) in [6.45, 7) is 1.96. The molecule has 0 saturated carbocycles. The van der Waals surface area contributed by atoms with Gasteiger partial charge in [-0.15, -0.1) is 0 Å². The summed E-state index contributed by atoms with van der Waals surface area (Å²) >= 11 is 0. The largest absolute Gasteiger partial charge is 0.481 e. The minimum Gasteiger partial charge on any atom is -0.481 e. The maximum Gasteiger partial charge on any atom is 0.320 e. The molecule has 192 valence electrons. The van der Waals surface area contributed by atoms with Crippen molar-refractivity contribution in [1.82, 2.24) is 0 Å². The molecule has 0 aromatic rings. The summed E-state index contributed by atoms with van der Waals surface area (Å²) in [5.74, 6) is -2.20. The van der Waals surface area contributed by atoms with Crippen LogP contribution in [0.4, 0.5) is 0 Å². The first-order chi connectivity index (χ1) is 15.2. The maximum atomic E-state index is 9.99. The molecule has 0 amide bonds. The standard InChI is InChI=1S/C18H39NO3.C5H9NO4/c1-2-3-4-5-6-7-8-9-10-11-12-13-14-17(21)18(22)16(19)15-20;6-3(5(9)10)1-2-4(7)8/h16-18,20-22H,2-15,19H2,1H3;3H,1-2,6H2,(H,7,8)(H,9,10). The molecule has 32 heavy (non-hydrogen) atoms. The van der Waals surface area contributed by atoms with E-state index in [1.165, 1.54) is 64.2 Å². The maximum absolute atomic E-state index is 9.99. The Bertz CT molecular complexity index is 452. The lowest BCUT2D eigenvalue weighted by atomic mass is 10.00. The monoisotopic (exact) mass is 464 g/mol. The predicted molar refractivity (Wildman–Crippen MR) is 125 cm³/mol. The van der Waals surface area contributed by atoms with E-state index >= 15 is 0 Å². The highest BCUT2D eigenvalue weighted by atomic mass is 16.4. The van der Waals surface area contributed by atoms with Crippen LogP contribution in [0.15, 0.2) is 0 Å². The fourth-order valence-electron chi connectivity index (χ4n) is 3.16. The lowest BCUT2D eigenvalue weighted by Crippen LogP contribution is -2.45. The minimum atomic E-state index is -1.17. The quantitative estimate of drug-likeness (QED) is 0.133. The molecule has 0 rings (SSSR count). The molecular weight excluding hydrogens is 416 g/mol. The summed E-state index contributed by atoms with van der Waals surface area (Å²) in [4.78, 5) is 19.9. The minimum absolute atomic E-state index is 0.0231. The summed E-state index contributed by atoms with van der Waals surface area (Å²) < 4.78 is 0. The Kier molecular flexibility index (Phi) is 23.6. The normalized spacial score (nSPS) is 14.7. The number of aliphatic hydroxyl groups is 3. The predicted octanol–water partition coefficient (Wildman–Crippen LogP) is 2.38. The van der Waals surface area contributed by atoms with Crippen molar-refractivity contribution in [1.29, 1.82) is 0 Å². The third kappa shape index (κ3) is 22.0. The first-order valence-corrected chi connectivity index (χ1v) is 12.1. The molecule has 0 radical (unpaired) electrons. The van der Waals surface area contributed by atoms with E-state index < -0.39 is 36.2 Å². The molecule has 0 aromatic carbocycles. The summed E-state index contributed by atoms with van der Waals surface area (Å²) in [6, 6.07) is -1.80. The van der Waals surface area contributed by atoms with Gasteiger partial charge < -0.3 is 37.0 Å². The lowest BCUT2D eigenvalue weighted by molar-refractivity contribution is -0.139. The highest BCUT2D eigenvalue weighted by Gasteiger charge is 2.22. The van der Waals surface area contributed by atoms with Gasteiger partial charge in [0, 0.05) is 6.42 Å². The Balaban J connectivity index is 0. The number of carbonyl (C=O) groups is 2. The van der Waals surface area contributed by atoms with E-state index in [2.05, 4.69) is 6.92 Å². The van der Waals surface area contributed by atoms with Crippen molar-refractivity contribution in [3.63, 3.8) is 0 Å². The van der Waals surface area contributed by atoms with Crippen molar-refractivity contribution < 1.29 is 35.1 Å². The van der Waals surface area contributed by atoms with Crippen molar-refractivity contribution in [2.75, 3.05) is 6.61 Å². The van der Waals surface area contributed by atoms with Gasteiger partial charge in [0.2, 0.25) is 0 Å². The van der Waals surface area contributed by atoms with Crippen LogP contribution in [0.25, 0.3) is 0 Å². The summed E-state index contributed by atoms with van der Waals surface area (Å²) in [7, 11) is 0. The van der Waals surface area contributed by atoms with Gasteiger partial charge in [0.1, 0.15) is 6.04 Å². The van der Waals surface area contributed by atoms with Crippen molar-refractivity contribution in [2.45, 2.75) is 128 Å². The second-order valence-corrected chi connectivity index (χ2v) is 8.46. The summed E-state index contributed by atoms with van der Waals surface area (Å²) in [5.41, 5.74) is 10.5. The van der Waals surface area contributed by atoms with Gasteiger partial charge in [0.05, 0.1) is 24.9 Å². The smallest absolute Gasteiger partial charge is 0.320 e. The van der Waals surface area contributed by atoms with Crippen LogP contribution in [0.1, 0.15) is 103 Å². The highest BCUT2D eigenvalue weighted by Crippen LogP contribution is 2.14. The third-order valence-electron chi connectivity index (χ3n) is 5.38. The molecule has 4 unspecified atom stereocenters. The molecule has 0 aliphatic rings. The molecule has 0 bridgehead atoms. The van der Waals surface area contributed by atoms with Gasteiger partial charge in [0.25, 0.3) is 0 Å². The molecule has 0 spiro atoms. The van der Waals surface area contributed by atoms with Gasteiger partial charge in [-0.05, 0) is 12.8 Å². The average Bonchev–Trinajstić information content (AvgIpc) is 2.77. The summed E-state index contributed by atoms with van der Waals surface area (Å²) in [5, 5.41) is 44.5. The molecule has 9 N–H and O–H groups in total. The molecule has 0 aliphatic heterocycles. The average molecular weight is 465 g/mol. The van der Waals surface area contributed by atoms with Crippen LogP contribution >= 0.6 is 0 Å². The van der Waals surface area contributed by atoms with Gasteiger partial charge in [0.15, 0.2) is 0 Å². The number of aliphatic hydroxyl groups excluding tert-OH is 3. The highest BCUT2D eigenvalue weighted by molar-refractivity contribution is 5.74. The molecule has 9 nitrogen and oxygen atoms in total. The van der Waals surface area contributed by atoms with Crippen LogP contribution in [0.2, 0.25) is 0 Å². The lowest BCUT2D eigenvalue weighted by Gasteiger charge is -2.22. The second-order valence-electron chi connectivity index (χ2n) is 8.46. The van der Waals surface area contributed by atoms with Crippen LogP contribution in [-0.2, 0) is 9.59 Å². The first-order valence-electron chi connectivity index (χ1n) is 12.1. The van der Waals surface area contributed by atoms with E-state index in [4.69, 9.17) is 26.8 Å². The Morgan fingerprint density at radius 3 is 1.56 bits per heavy atom. The number of nitrogens with two attached hydrogens (primary N) is 2. The van der Waals surface area contributed by atoms with Gasteiger partial charge in [-0.2, -0.15) is 0 Å². The number of carboxylic acids is 2. The van der Waals surface area contributed by atoms with Crippen LogP contribution in [0, 0.1) is 0 Å². The van der Waals surface area contributed by atoms with Crippen molar-refractivity contribution in [3.05, 3.63) is 0 Å². The number of carboxylic acid groups (broad SMARTS) is 2. The van der Waals surface area contributed by atoms with Gasteiger partial charge in [-0.25, -0.2) is 0 Å². The first kappa shape index (κ1) is 32.9. The van der Waals surface area contributed by atoms with Crippen LogP contribution < -0.4 is 11.5 Å². The molecule has 4 atom stereocenters. The fourth-order valence-corrected chi connectivity index (χ4v) is 3.16. The molecule has 0 aliphatic carbocycles. The number of rotatable bonds is 20. The van der Waals surface area contributed by atoms with Crippen molar-refractivity contribution in [3.8, 4) is 0 Å². The topological polar surface area (TPSA) is 187 Å². The van der Waals surface area contributed by atoms with Crippen LogP contribution in [-0.4, -0.2) is 68.4 Å². The van der Waals surface area contributed by atoms with E-state index in [1.807, 2.05) is 0 Å². The van der Waals surface area contributed by atoms with Crippen LogP contribution in [0.3, 0.4) is 0 Å².